The van der Waals surface area contributed by atoms with Gasteiger partial charge in [0.25, 0.3) is 0 Å². The van der Waals surface area contributed by atoms with Crippen LogP contribution in [0, 0.1) is 12.7 Å². The third kappa shape index (κ3) is 7.29. The Morgan fingerprint density at radius 1 is 1.24 bits per heavy atom. The van der Waals surface area contributed by atoms with Crippen LogP contribution in [0.4, 0.5) is 4.39 Å². The van der Waals surface area contributed by atoms with E-state index in [0.29, 0.717) is 42.2 Å². The van der Waals surface area contributed by atoms with Gasteiger partial charge in [0.2, 0.25) is 17.6 Å². The zero-order valence-corrected chi connectivity index (χ0v) is 17.6. The fourth-order valence-corrected chi connectivity index (χ4v) is 2.64. The maximum Gasteiger partial charge on any atom is 0.306 e. The highest BCUT2D eigenvalue weighted by molar-refractivity contribution is 5.76. The molecule has 2 aromatic rings. The van der Waals surface area contributed by atoms with Crippen molar-refractivity contribution in [1.29, 1.82) is 0 Å². The number of hydrogen-bond acceptors (Lipinski definition) is 6. The number of amides is 1. The fourth-order valence-electron chi connectivity index (χ4n) is 2.64. The predicted molar refractivity (Wildman–Crippen MR) is 105 cm³/mol. The van der Waals surface area contributed by atoms with Crippen molar-refractivity contribution >= 4 is 11.9 Å². The van der Waals surface area contributed by atoms with Crippen LogP contribution in [-0.2, 0) is 20.7 Å². The summed E-state index contributed by atoms with van der Waals surface area (Å²) in [4.78, 5) is 29.8. The van der Waals surface area contributed by atoms with Crippen LogP contribution in [-0.4, -0.2) is 46.1 Å². The molecule has 0 aliphatic carbocycles. The monoisotopic (exact) mass is 405 g/mol. The van der Waals surface area contributed by atoms with Crippen molar-refractivity contribution in [3.05, 3.63) is 35.5 Å². The Morgan fingerprint density at radius 2 is 1.97 bits per heavy atom. The summed E-state index contributed by atoms with van der Waals surface area (Å²) in [6.45, 7) is 7.58. The average molecular weight is 405 g/mol. The van der Waals surface area contributed by atoms with Crippen molar-refractivity contribution in [3.8, 4) is 11.4 Å². The van der Waals surface area contributed by atoms with Gasteiger partial charge in [-0.05, 0) is 57.9 Å². The van der Waals surface area contributed by atoms with Crippen LogP contribution in [0.15, 0.2) is 22.7 Å². The standard InChI is InChI=1S/C21H28FN3O4/c1-14-13-15(8-9-16(14)22)20-23-17(29-24-20)10-11-18(26)25(5)12-6-7-19(27)28-21(2,3)4/h8-9,13H,6-7,10-12H2,1-5H3. The van der Waals surface area contributed by atoms with Gasteiger partial charge in [0.1, 0.15) is 11.4 Å². The molecule has 1 heterocycles. The molecule has 1 amide bonds. The van der Waals surface area contributed by atoms with Crippen molar-refractivity contribution in [1.82, 2.24) is 15.0 Å². The molecule has 0 atom stereocenters. The molecule has 0 fully saturated rings. The molecule has 0 radical (unpaired) electrons. The van der Waals surface area contributed by atoms with Crippen molar-refractivity contribution < 1.29 is 23.2 Å². The Bertz CT molecular complexity index is 858. The summed E-state index contributed by atoms with van der Waals surface area (Å²) in [5.41, 5.74) is 0.649. The van der Waals surface area contributed by atoms with Gasteiger partial charge in [-0.1, -0.05) is 5.16 Å². The van der Waals surface area contributed by atoms with Crippen LogP contribution in [0.5, 0.6) is 0 Å². The highest BCUT2D eigenvalue weighted by atomic mass is 19.1. The number of aromatic nitrogens is 2. The molecule has 0 saturated carbocycles. The van der Waals surface area contributed by atoms with E-state index in [1.165, 1.54) is 6.07 Å². The minimum absolute atomic E-state index is 0.0773. The summed E-state index contributed by atoms with van der Waals surface area (Å²) in [5.74, 6) is 0.0656. The molecule has 0 spiro atoms. The van der Waals surface area contributed by atoms with Gasteiger partial charge in [0, 0.05) is 38.4 Å². The lowest BCUT2D eigenvalue weighted by Gasteiger charge is -2.20. The lowest BCUT2D eigenvalue weighted by molar-refractivity contribution is -0.155. The molecule has 1 aromatic heterocycles. The molecule has 1 aromatic carbocycles. The summed E-state index contributed by atoms with van der Waals surface area (Å²) < 4.78 is 23.8. The highest BCUT2D eigenvalue weighted by Gasteiger charge is 2.17. The van der Waals surface area contributed by atoms with E-state index in [4.69, 9.17) is 9.26 Å². The Kier molecular flexibility index (Phi) is 7.47. The Balaban J connectivity index is 1.78. The lowest BCUT2D eigenvalue weighted by atomic mass is 10.1. The predicted octanol–water partition coefficient (Wildman–Crippen LogP) is 3.70. The minimum atomic E-state index is -0.506. The fraction of sp³-hybridized carbons (Fsp3) is 0.524. The molecule has 2 rings (SSSR count). The van der Waals surface area contributed by atoms with E-state index in [0.717, 1.165) is 0 Å². The molecule has 29 heavy (non-hydrogen) atoms. The van der Waals surface area contributed by atoms with Crippen LogP contribution in [0.3, 0.4) is 0 Å². The third-order valence-corrected chi connectivity index (χ3v) is 4.16. The summed E-state index contributed by atoms with van der Waals surface area (Å²) in [6.07, 6.45) is 1.32. The second-order valence-electron chi connectivity index (χ2n) is 7.98. The van der Waals surface area contributed by atoms with E-state index in [2.05, 4.69) is 10.1 Å². The van der Waals surface area contributed by atoms with E-state index in [-0.39, 0.29) is 30.5 Å². The van der Waals surface area contributed by atoms with Crippen LogP contribution in [0.1, 0.15) is 51.5 Å². The minimum Gasteiger partial charge on any atom is -0.460 e. The van der Waals surface area contributed by atoms with Gasteiger partial charge in [-0.2, -0.15) is 4.98 Å². The first-order chi connectivity index (χ1) is 13.5. The van der Waals surface area contributed by atoms with Gasteiger partial charge >= 0.3 is 5.97 Å². The first-order valence-electron chi connectivity index (χ1n) is 9.60. The molecule has 0 N–H and O–H groups in total. The van der Waals surface area contributed by atoms with Crippen LogP contribution in [0.25, 0.3) is 11.4 Å². The molecule has 7 nitrogen and oxygen atoms in total. The molecule has 0 bridgehead atoms. The van der Waals surface area contributed by atoms with E-state index in [9.17, 15) is 14.0 Å². The molecular weight excluding hydrogens is 377 g/mol. The number of ether oxygens (including phenoxy) is 1. The summed E-state index contributed by atoms with van der Waals surface area (Å²) >= 11 is 0. The number of carbonyl (C=O) groups is 2. The molecule has 0 unspecified atom stereocenters. The highest BCUT2D eigenvalue weighted by Crippen LogP contribution is 2.19. The number of rotatable bonds is 8. The quantitative estimate of drug-likeness (QED) is 0.623. The van der Waals surface area contributed by atoms with Crippen LogP contribution >= 0.6 is 0 Å². The van der Waals surface area contributed by atoms with Crippen molar-refractivity contribution in [2.24, 2.45) is 0 Å². The Hall–Kier alpha value is -2.77. The first kappa shape index (κ1) is 22.5. The molecule has 158 valence electrons. The summed E-state index contributed by atoms with van der Waals surface area (Å²) in [6, 6.07) is 4.59. The number of aryl methyl sites for hydroxylation is 2. The zero-order chi connectivity index (χ0) is 21.6. The molecular formula is C21H28FN3O4. The number of esters is 1. The van der Waals surface area contributed by atoms with Crippen LogP contribution < -0.4 is 0 Å². The van der Waals surface area contributed by atoms with Gasteiger partial charge < -0.3 is 14.2 Å². The number of benzene rings is 1. The molecule has 0 aliphatic heterocycles. The van der Waals surface area contributed by atoms with E-state index >= 15 is 0 Å². The number of carbonyl (C=O) groups excluding carboxylic acids is 2. The Morgan fingerprint density at radius 3 is 2.62 bits per heavy atom. The van der Waals surface area contributed by atoms with Gasteiger partial charge in [-0.15, -0.1) is 0 Å². The van der Waals surface area contributed by atoms with E-state index in [1.807, 2.05) is 20.8 Å². The van der Waals surface area contributed by atoms with Crippen molar-refractivity contribution in [2.75, 3.05) is 13.6 Å². The van der Waals surface area contributed by atoms with Gasteiger partial charge in [0.15, 0.2) is 0 Å². The topological polar surface area (TPSA) is 85.5 Å². The number of halogens is 1. The van der Waals surface area contributed by atoms with Crippen LogP contribution in [0.2, 0.25) is 0 Å². The second kappa shape index (κ2) is 9.62. The summed E-state index contributed by atoms with van der Waals surface area (Å²) in [7, 11) is 1.69. The Labute approximate surface area is 170 Å². The maximum atomic E-state index is 13.4. The van der Waals surface area contributed by atoms with Crippen molar-refractivity contribution in [2.45, 2.75) is 59.0 Å². The SMILES string of the molecule is Cc1cc(-c2noc(CCC(=O)N(C)CCCC(=O)OC(C)(C)C)n2)ccc1F. The third-order valence-electron chi connectivity index (χ3n) is 4.16. The lowest BCUT2D eigenvalue weighted by Crippen LogP contribution is -2.29. The smallest absolute Gasteiger partial charge is 0.306 e. The average Bonchev–Trinajstić information content (AvgIpc) is 3.09. The molecule has 0 saturated heterocycles. The maximum absolute atomic E-state index is 13.4. The summed E-state index contributed by atoms with van der Waals surface area (Å²) in [5, 5.41) is 3.89. The first-order valence-corrected chi connectivity index (χ1v) is 9.60. The van der Waals surface area contributed by atoms with Gasteiger partial charge in [0.05, 0.1) is 0 Å². The zero-order valence-electron chi connectivity index (χ0n) is 17.6. The van der Waals surface area contributed by atoms with E-state index < -0.39 is 5.60 Å². The van der Waals surface area contributed by atoms with E-state index in [1.54, 1.807) is 31.0 Å². The second-order valence-corrected chi connectivity index (χ2v) is 7.98. The molecule has 0 aliphatic rings. The van der Waals surface area contributed by atoms with Gasteiger partial charge in [-0.3, -0.25) is 9.59 Å². The van der Waals surface area contributed by atoms with Crippen molar-refractivity contribution in [3.63, 3.8) is 0 Å². The molecule has 8 heteroatoms. The largest absolute Gasteiger partial charge is 0.460 e. The number of nitrogens with zero attached hydrogens (tertiary/aromatic N) is 3. The number of hydrogen-bond donors (Lipinski definition) is 0. The normalized spacial score (nSPS) is 11.4. The van der Waals surface area contributed by atoms with Gasteiger partial charge in [-0.25, -0.2) is 4.39 Å².